The van der Waals surface area contributed by atoms with Crippen LogP contribution in [0.1, 0.15) is 30.9 Å². The molecule has 1 aromatic rings. The summed E-state index contributed by atoms with van der Waals surface area (Å²) in [6.45, 7) is 5.01. The molecule has 0 aromatic heterocycles. The lowest BCUT2D eigenvalue weighted by Gasteiger charge is -2.31. The number of hydrogen-bond acceptors (Lipinski definition) is 3. The predicted molar refractivity (Wildman–Crippen MR) is 93.2 cm³/mol. The zero-order chi connectivity index (χ0) is 16.8. The van der Waals surface area contributed by atoms with E-state index in [1.807, 2.05) is 39.1 Å². The van der Waals surface area contributed by atoms with Crippen LogP contribution in [0.25, 0.3) is 0 Å². The normalized spacial score (nSPS) is 20.8. The number of nitrogens with one attached hydrogen (secondary N) is 1. The Labute approximate surface area is 140 Å². The fraction of sp³-hybridized carbons (Fsp3) is 0.588. The van der Waals surface area contributed by atoms with Gasteiger partial charge in [-0.25, -0.2) is 4.79 Å². The highest BCUT2D eigenvalue weighted by molar-refractivity contribution is 7.85. The topological polar surface area (TPSA) is 58.6 Å². The minimum Gasteiger partial charge on any atom is -0.494 e. The van der Waals surface area contributed by atoms with Gasteiger partial charge in [0.1, 0.15) is 5.75 Å². The third-order valence-corrected chi connectivity index (χ3v) is 5.56. The van der Waals surface area contributed by atoms with Crippen molar-refractivity contribution in [3.05, 3.63) is 29.3 Å². The lowest BCUT2D eigenvalue weighted by molar-refractivity contribution is 0.185. The fourth-order valence-corrected chi connectivity index (χ4v) is 4.00. The van der Waals surface area contributed by atoms with E-state index in [2.05, 4.69) is 5.32 Å². The van der Waals surface area contributed by atoms with Crippen molar-refractivity contribution in [1.29, 1.82) is 0 Å². The molecule has 1 saturated heterocycles. The molecule has 0 spiro atoms. The van der Waals surface area contributed by atoms with Crippen molar-refractivity contribution in [3.8, 4) is 5.75 Å². The largest absolute Gasteiger partial charge is 0.494 e. The van der Waals surface area contributed by atoms with Crippen molar-refractivity contribution in [2.75, 3.05) is 25.2 Å². The van der Waals surface area contributed by atoms with Crippen molar-refractivity contribution < 1.29 is 13.7 Å². The first kappa shape index (κ1) is 17.8. The number of urea groups is 1. The van der Waals surface area contributed by atoms with E-state index >= 15 is 0 Å². The van der Waals surface area contributed by atoms with Gasteiger partial charge in [-0.3, -0.25) is 4.21 Å². The van der Waals surface area contributed by atoms with Crippen LogP contribution in [0, 0.1) is 6.92 Å². The lowest BCUT2D eigenvalue weighted by atomic mass is 10.1. The van der Waals surface area contributed by atoms with E-state index in [-0.39, 0.29) is 12.1 Å². The minimum absolute atomic E-state index is 0.0919. The van der Waals surface area contributed by atoms with Gasteiger partial charge in [-0.15, -0.1) is 0 Å². The molecule has 0 unspecified atom stereocenters. The van der Waals surface area contributed by atoms with E-state index in [0.29, 0.717) is 24.7 Å². The number of rotatable bonds is 5. The van der Waals surface area contributed by atoms with Gasteiger partial charge in [0, 0.05) is 47.5 Å². The summed E-state index contributed by atoms with van der Waals surface area (Å²) in [6, 6.07) is 6.09. The van der Waals surface area contributed by atoms with Crippen LogP contribution in [0.5, 0.6) is 5.75 Å². The van der Waals surface area contributed by atoms with Crippen molar-refractivity contribution in [2.45, 2.75) is 39.3 Å². The van der Waals surface area contributed by atoms with Crippen LogP contribution >= 0.6 is 0 Å². The summed E-state index contributed by atoms with van der Waals surface area (Å²) in [5, 5.41) is 2.96. The summed E-state index contributed by atoms with van der Waals surface area (Å²) in [4.78, 5) is 14.1. The summed E-state index contributed by atoms with van der Waals surface area (Å²) >= 11 is 0. The number of nitrogens with zero attached hydrogens (tertiary/aromatic N) is 1. The van der Waals surface area contributed by atoms with Gasteiger partial charge in [-0.05, 0) is 38.3 Å². The number of aryl methyl sites for hydroxylation is 1. The van der Waals surface area contributed by atoms with Gasteiger partial charge in [0.15, 0.2) is 0 Å². The molecular weight excluding hydrogens is 312 g/mol. The third kappa shape index (κ3) is 4.96. The molecule has 0 aliphatic carbocycles. The molecule has 5 nitrogen and oxygen atoms in total. The van der Waals surface area contributed by atoms with E-state index in [1.54, 1.807) is 4.90 Å². The Morgan fingerprint density at radius 1 is 1.39 bits per heavy atom. The minimum atomic E-state index is -0.707. The second kappa shape index (κ2) is 8.34. The number of amides is 2. The molecular formula is C17H26N2O3S. The Kier molecular flexibility index (Phi) is 6.45. The molecule has 1 aliphatic heterocycles. The molecule has 1 fully saturated rings. The second-order valence-corrected chi connectivity index (χ2v) is 7.59. The quantitative estimate of drug-likeness (QED) is 0.897. The van der Waals surface area contributed by atoms with Crippen LogP contribution < -0.4 is 10.1 Å². The Morgan fingerprint density at radius 2 is 2.09 bits per heavy atom. The Hall–Kier alpha value is -1.56. The summed E-state index contributed by atoms with van der Waals surface area (Å²) in [5.74, 6) is 2.20. The Bertz CT molecular complexity index is 567. The smallest absolute Gasteiger partial charge is 0.317 e. The van der Waals surface area contributed by atoms with Gasteiger partial charge in [0.05, 0.1) is 6.61 Å². The molecule has 23 heavy (non-hydrogen) atoms. The van der Waals surface area contributed by atoms with E-state index in [1.165, 1.54) is 0 Å². The van der Waals surface area contributed by atoms with E-state index in [9.17, 15) is 9.00 Å². The van der Waals surface area contributed by atoms with Gasteiger partial charge in [-0.2, -0.15) is 0 Å². The number of hydrogen-bond donors (Lipinski definition) is 1. The van der Waals surface area contributed by atoms with Crippen LogP contribution in [0.15, 0.2) is 18.2 Å². The standard InChI is InChI=1S/C17H26N2O3S/c1-4-22-16-11-13(2)5-6-14(16)12-18-17(20)19(3)15-7-9-23(21)10-8-15/h5-6,11,15H,4,7-10,12H2,1-3H3,(H,18,20). The van der Waals surface area contributed by atoms with Crippen LogP contribution in [0.4, 0.5) is 4.79 Å². The average Bonchev–Trinajstić information content (AvgIpc) is 2.54. The first-order valence-electron chi connectivity index (χ1n) is 8.09. The summed E-state index contributed by atoms with van der Waals surface area (Å²) in [6.07, 6.45) is 1.62. The average molecular weight is 338 g/mol. The van der Waals surface area contributed by atoms with E-state index in [4.69, 9.17) is 4.74 Å². The van der Waals surface area contributed by atoms with Crippen LogP contribution in [0.3, 0.4) is 0 Å². The maximum atomic E-state index is 12.3. The molecule has 2 amide bonds. The molecule has 0 radical (unpaired) electrons. The van der Waals surface area contributed by atoms with Gasteiger partial charge < -0.3 is 15.0 Å². The maximum Gasteiger partial charge on any atom is 0.317 e. The Balaban J connectivity index is 1.92. The monoisotopic (exact) mass is 338 g/mol. The summed E-state index contributed by atoms with van der Waals surface area (Å²) in [7, 11) is 1.11. The molecule has 1 aromatic carbocycles. The summed E-state index contributed by atoms with van der Waals surface area (Å²) in [5.41, 5.74) is 2.11. The molecule has 6 heteroatoms. The second-order valence-electron chi connectivity index (χ2n) is 5.89. The van der Waals surface area contributed by atoms with Crippen LogP contribution in [-0.4, -0.2) is 46.3 Å². The van der Waals surface area contributed by atoms with Crippen molar-refractivity contribution in [3.63, 3.8) is 0 Å². The maximum absolute atomic E-state index is 12.3. The molecule has 128 valence electrons. The first-order chi connectivity index (χ1) is 11.0. The first-order valence-corrected chi connectivity index (χ1v) is 9.58. The van der Waals surface area contributed by atoms with Gasteiger partial charge in [0.25, 0.3) is 0 Å². The summed E-state index contributed by atoms with van der Waals surface area (Å²) < 4.78 is 17.1. The van der Waals surface area contributed by atoms with Crippen LogP contribution in [0.2, 0.25) is 0 Å². The molecule has 1 aliphatic rings. The zero-order valence-corrected chi connectivity index (χ0v) is 14.9. The highest BCUT2D eigenvalue weighted by Gasteiger charge is 2.24. The van der Waals surface area contributed by atoms with Crippen molar-refractivity contribution >= 4 is 16.8 Å². The van der Waals surface area contributed by atoms with Gasteiger partial charge >= 0.3 is 6.03 Å². The molecule has 0 atom stereocenters. The number of carbonyl (C=O) groups is 1. The highest BCUT2D eigenvalue weighted by Crippen LogP contribution is 2.20. The molecule has 1 heterocycles. The van der Waals surface area contributed by atoms with E-state index < -0.39 is 10.8 Å². The lowest BCUT2D eigenvalue weighted by Crippen LogP contribution is -2.45. The zero-order valence-electron chi connectivity index (χ0n) is 14.1. The fourth-order valence-electron chi connectivity index (χ4n) is 2.73. The molecule has 0 bridgehead atoms. The number of carbonyl (C=O) groups excluding carboxylic acids is 1. The highest BCUT2D eigenvalue weighted by atomic mass is 32.2. The molecule has 0 saturated carbocycles. The van der Waals surface area contributed by atoms with Crippen LogP contribution in [-0.2, 0) is 17.3 Å². The Morgan fingerprint density at radius 3 is 2.74 bits per heavy atom. The molecule has 2 rings (SSSR count). The van der Waals surface area contributed by atoms with Gasteiger partial charge in [0.2, 0.25) is 0 Å². The molecule has 1 N–H and O–H groups in total. The SMILES string of the molecule is CCOc1cc(C)ccc1CNC(=O)N(C)C1CCS(=O)CC1. The number of ether oxygens (including phenoxy) is 1. The third-order valence-electron chi connectivity index (χ3n) is 4.18. The van der Waals surface area contributed by atoms with Crippen molar-refractivity contribution in [2.24, 2.45) is 0 Å². The van der Waals surface area contributed by atoms with Gasteiger partial charge in [-0.1, -0.05) is 12.1 Å². The predicted octanol–water partition coefficient (Wildman–Crippen LogP) is 2.45. The van der Waals surface area contributed by atoms with Crippen molar-refractivity contribution in [1.82, 2.24) is 10.2 Å². The number of benzene rings is 1. The van der Waals surface area contributed by atoms with E-state index in [0.717, 1.165) is 29.7 Å².